The van der Waals surface area contributed by atoms with Crippen molar-refractivity contribution in [2.24, 2.45) is 0 Å². The van der Waals surface area contributed by atoms with Crippen molar-refractivity contribution in [1.82, 2.24) is 5.32 Å². The van der Waals surface area contributed by atoms with Crippen molar-refractivity contribution in [3.63, 3.8) is 0 Å². The molecule has 1 aromatic carbocycles. The second kappa shape index (κ2) is 4.53. The summed E-state index contributed by atoms with van der Waals surface area (Å²) >= 11 is 0. The molecule has 1 amide bonds. The van der Waals surface area contributed by atoms with Gasteiger partial charge in [0, 0.05) is 11.6 Å². The molecule has 0 spiro atoms. The Bertz CT molecular complexity index is 392. The number of amides is 1. The molecule has 1 aliphatic rings. The van der Waals surface area contributed by atoms with Crippen molar-refractivity contribution >= 4 is 5.91 Å². The molecule has 0 bridgehead atoms. The lowest BCUT2D eigenvalue weighted by molar-refractivity contribution is -0.123. The monoisotopic (exact) mass is 221 g/mol. The van der Waals surface area contributed by atoms with Gasteiger partial charge in [-0.05, 0) is 13.0 Å². The largest absolute Gasteiger partial charge is 0.492 e. The van der Waals surface area contributed by atoms with Crippen LogP contribution in [0, 0.1) is 0 Å². The number of aliphatic hydroxyl groups is 1. The van der Waals surface area contributed by atoms with Gasteiger partial charge in [-0.3, -0.25) is 4.79 Å². The standard InChI is InChI=1S/C12H15NO3/c1-8(6-14)13-12(15)10-7-16-11-5-3-2-4-9(10)11/h2-5,8,10,14H,6-7H2,1H3,(H,13,15)/t8-,10?/m0/s1. The summed E-state index contributed by atoms with van der Waals surface area (Å²) in [7, 11) is 0. The number of rotatable bonds is 3. The lowest BCUT2D eigenvalue weighted by atomic mass is 10.0. The Hall–Kier alpha value is -1.55. The Morgan fingerprint density at radius 3 is 3.12 bits per heavy atom. The lowest BCUT2D eigenvalue weighted by Crippen LogP contribution is -2.38. The van der Waals surface area contributed by atoms with Crippen LogP contribution in [0.4, 0.5) is 0 Å². The van der Waals surface area contributed by atoms with Crippen molar-refractivity contribution in [3.8, 4) is 5.75 Å². The second-order valence-electron chi connectivity index (χ2n) is 3.99. The Labute approximate surface area is 94.2 Å². The van der Waals surface area contributed by atoms with Crippen molar-refractivity contribution < 1.29 is 14.6 Å². The number of carbonyl (C=O) groups excluding carboxylic acids is 1. The fraction of sp³-hybridized carbons (Fsp3) is 0.417. The number of aliphatic hydroxyl groups excluding tert-OH is 1. The first-order valence-corrected chi connectivity index (χ1v) is 5.35. The van der Waals surface area contributed by atoms with Crippen LogP contribution in [0.25, 0.3) is 0 Å². The Morgan fingerprint density at radius 2 is 2.38 bits per heavy atom. The first-order valence-electron chi connectivity index (χ1n) is 5.35. The van der Waals surface area contributed by atoms with Gasteiger partial charge >= 0.3 is 0 Å². The van der Waals surface area contributed by atoms with Crippen molar-refractivity contribution in [2.75, 3.05) is 13.2 Å². The van der Waals surface area contributed by atoms with Gasteiger partial charge in [-0.1, -0.05) is 18.2 Å². The predicted octanol–water partition coefficient (Wildman–Crippen LogP) is 0.660. The van der Waals surface area contributed by atoms with Crippen LogP contribution in [0.15, 0.2) is 24.3 Å². The molecule has 4 nitrogen and oxygen atoms in total. The quantitative estimate of drug-likeness (QED) is 0.788. The highest BCUT2D eigenvalue weighted by Crippen LogP contribution is 2.33. The van der Waals surface area contributed by atoms with Crippen LogP contribution < -0.4 is 10.1 Å². The highest BCUT2D eigenvalue weighted by atomic mass is 16.5. The highest BCUT2D eigenvalue weighted by Gasteiger charge is 2.30. The fourth-order valence-electron chi connectivity index (χ4n) is 1.77. The van der Waals surface area contributed by atoms with E-state index in [9.17, 15) is 4.79 Å². The van der Waals surface area contributed by atoms with Gasteiger partial charge < -0.3 is 15.2 Å². The maximum atomic E-state index is 11.9. The highest BCUT2D eigenvalue weighted by molar-refractivity contribution is 5.85. The minimum Gasteiger partial charge on any atom is -0.492 e. The third-order valence-electron chi connectivity index (χ3n) is 2.68. The van der Waals surface area contributed by atoms with E-state index in [2.05, 4.69) is 5.32 Å². The maximum Gasteiger partial charge on any atom is 0.231 e. The zero-order valence-electron chi connectivity index (χ0n) is 9.14. The van der Waals surface area contributed by atoms with Gasteiger partial charge in [-0.2, -0.15) is 0 Å². The van der Waals surface area contributed by atoms with Gasteiger partial charge in [0.2, 0.25) is 5.91 Å². The predicted molar refractivity (Wildman–Crippen MR) is 59.4 cm³/mol. The molecule has 2 atom stereocenters. The molecule has 0 saturated heterocycles. The number of benzene rings is 1. The molecule has 1 unspecified atom stereocenters. The molecule has 4 heteroatoms. The molecule has 1 aromatic rings. The molecular weight excluding hydrogens is 206 g/mol. The molecular formula is C12H15NO3. The molecule has 0 aromatic heterocycles. The van der Waals surface area contributed by atoms with Crippen LogP contribution >= 0.6 is 0 Å². The van der Waals surface area contributed by atoms with Crippen LogP contribution in [0.1, 0.15) is 18.4 Å². The van der Waals surface area contributed by atoms with Crippen LogP contribution in [-0.2, 0) is 4.79 Å². The van der Waals surface area contributed by atoms with Gasteiger partial charge in [-0.15, -0.1) is 0 Å². The SMILES string of the molecule is C[C@@H](CO)NC(=O)C1COc2ccccc21. The number of ether oxygens (including phenoxy) is 1. The number of para-hydroxylation sites is 1. The van der Waals surface area contributed by atoms with E-state index in [1.165, 1.54) is 0 Å². The lowest BCUT2D eigenvalue weighted by Gasteiger charge is -2.14. The maximum absolute atomic E-state index is 11.9. The molecule has 0 radical (unpaired) electrons. The molecule has 16 heavy (non-hydrogen) atoms. The zero-order chi connectivity index (χ0) is 11.5. The smallest absolute Gasteiger partial charge is 0.231 e. The summed E-state index contributed by atoms with van der Waals surface area (Å²) in [5, 5.41) is 11.6. The summed E-state index contributed by atoms with van der Waals surface area (Å²) in [6.07, 6.45) is 0. The van der Waals surface area contributed by atoms with Gasteiger partial charge in [0.05, 0.1) is 6.61 Å². The first-order chi connectivity index (χ1) is 7.72. The Morgan fingerprint density at radius 1 is 1.62 bits per heavy atom. The molecule has 86 valence electrons. The van der Waals surface area contributed by atoms with Crippen molar-refractivity contribution in [1.29, 1.82) is 0 Å². The number of hydrogen-bond acceptors (Lipinski definition) is 3. The van der Waals surface area contributed by atoms with E-state index in [0.29, 0.717) is 6.61 Å². The van der Waals surface area contributed by atoms with Crippen LogP contribution in [0.2, 0.25) is 0 Å². The summed E-state index contributed by atoms with van der Waals surface area (Å²) in [6.45, 7) is 2.09. The first kappa shape index (κ1) is 11.0. The van der Waals surface area contributed by atoms with Crippen LogP contribution in [0.5, 0.6) is 5.75 Å². The summed E-state index contributed by atoms with van der Waals surface area (Å²) in [5.74, 6) is 0.427. The summed E-state index contributed by atoms with van der Waals surface area (Å²) in [4.78, 5) is 11.9. The summed E-state index contributed by atoms with van der Waals surface area (Å²) < 4.78 is 5.42. The molecule has 1 aliphatic heterocycles. The molecule has 1 heterocycles. The van der Waals surface area contributed by atoms with E-state index in [1.54, 1.807) is 6.92 Å². The van der Waals surface area contributed by atoms with E-state index < -0.39 is 0 Å². The van der Waals surface area contributed by atoms with E-state index in [0.717, 1.165) is 11.3 Å². The minimum atomic E-state index is -0.259. The number of carbonyl (C=O) groups is 1. The normalized spacial score (nSPS) is 19.8. The second-order valence-corrected chi connectivity index (χ2v) is 3.99. The Balaban J connectivity index is 2.10. The third kappa shape index (κ3) is 2.02. The van der Waals surface area contributed by atoms with E-state index >= 15 is 0 Å². The molecule has 0 saturated carbocycles. The van der Waals surface area contributed by atoms with Gasteiger partial charge in [-0.25, -0.2) is 0 Å². The Kier molecular flexibility index (Phi) is 3.10. The zero-order valence-corrected chi connectivity index (χ0v) is 9.14. The molecule has 0 aliphatic carbocycles. The summed E-state index contributed by atoms with van der Waals surface area (Å²) in [6, 6.07) is 7.31. The van der Waals surface area contributed by atoms with E-state index in [-0.39, 0.29) is 24.5 Å². The molecule has 2 rings (SSSR count). The van der Waals surface area contributed by atoms with Gasteiger partial charge in [0.1, 0.15) is 18.3 Å². The number of nitrogens with one attached hydrogen (secondary N) is 1. The summed E-state index contributed by atoms with van der Waals surface area (Å²) in [5.41, 5.74) is 0.921. The number of hydrogen-bond donors (Lipinski definition) is 2. The van der Waals surface area contributed by atoms with Gasteiger partial charge in [0.15, 0.2) is 0 Å². The molecule has 0 fully saturated rings. The topological polar surface area (TPSA) is 58.6 Å². The van der Waals surface area contributed by atoms with E-state index in [1.807, 2.05) is 24.3 Å². The van der Waals surface area contributed by atoms with E-state index in [4.69, 9.17) is 9.84 Å². The van der Waals surface area contributed by atoms with Crippen molar-refractivity contribution in [3.05, 3.63) is 29.8 Å². The average Bonchev–Trinajstić information content (AvgIpc) is 2.72. The molecule has 2 N–H and O–H groups in total. The number of fused-ring (bicyclic) bond motifs is 1. The third-order valence-corrected chi connectivity index (χ3v) is 2.68. The average molecular weight is 221 g/mol. The van der Waals surface area contributed by atoms with Crippen LogP contribution in [-0.4, -0.2) is 30.3 Å². The van der Waals surface area contributed by atoms with Crippen LogP contribution in [0.3, 0.4) is 0 Å². The fourth-order valence-corrected chi connectivity index (χ4v) is 1.77. The minimum absolute atomic E-state index is 0.0546. The van der Waals surface area contributed by atoms with Crippen molar-refractivity contribution in [2.45, 2.75) is 18.9 Å². The van der Waals surface area contributed by atoms with Gasteiger partial charge in [0.25, 0.3) is 0 Å².